The Bertz CT molecular complexity index is 1390. The van der Waals surface area contributed by atoms with Crippen molar-refractivity contribution in [3.63, 3.8) is 0 Å². The summed E-state index contributed by atoms with van der Waals surface area (Å²) in [5.74, 6) is 1.73. The number of imidazole rings is 1. The summed E-state index contributed by atoms with van der Waals surface area (Å²) in [5, 5.41) is 11.4. The monoisotopic (exact) mass is 456 g/mol. The third-order valence-corrected chi connectivity index (χ3v) is 6.35. The maximum Gasteiger partial charge on any atom is 0.274 e. The number of carbonyl (C=O) groups is 1. The fourth-order valence-electron chi connectivity index (χ4n) is 3.98. The van der Waals surface area contributed by atoms with E-state index in [9.17, 15) is 4.79 Å². The maximum atomic E-state index is 12.9. The molecule has 1 N–H and O–H groups in total. The van der Waals surface area contributed by atoms with Gasteiger partial charge in [-0.3, -0.25) is 9.20 Å². The average Bonchev–Trinajstić information content (AvgIpc) is 3.34. The van der Waals surface area contributed by atoms with Crippen LogP contribution in [0.2, 0.25) is 0 Å². The van der Waals surface area contributed by atoms with Gasteiger partial charge in [0.25, 0.3) is 5.91 Å². The van der Waals surface area contributed by atoms with Crippen molar-refractivity contribution in [1.82, 2.24) is 19.5 Å². The standard InChI is InChI=1S/C25H24N6O3/c1-15-5-8-17(12-20(15)27-24(32)21-13-26-22-4-2-3-9-31(21)22)23-28-25(34-30-23)18-10-19(11-18)29-33-14-16-6-7-16/h2-5,8-9,12-13,16,18H,6-7,10-11,14H2,1H3,(H,27,32). The van der Waals surface area contributed by atoms with Crippen molar-refractivity contribution in [3.8, 4) is 11.4 Å². The number of nitrogens with zero attached hydrogens (tertiary/aromatic N) is 5. The number of amides is 1. The lowest BCUT2D eigenvalue weighted by Gasteiger charge is -2.23. The molecule has 2 aliphatic rings. The topological polar surface area (TPSA) is 107 Å². The van der Waals surface area contributed by atoms with E-state index in [1.54, 1.807) is 10.6 Å². The van der Waals surface area contributed by atoms with Crippen LogP contribution >= 0.6 is 0 Å². The Labute approximate surface area is 195 Å². The third-order valence-electron chi connectivity index (χ3n) is 6.35. The second-order valence-corrected chi connectivity index (χ2v) is 9.01. The van der Waals surface area contributed by atoms with Gasteiger partial charge in [0.2, 0.25) is 11.7 Å². The van der Waals surface area contributed by atoms with Crippen LogP contribution in [0.3, 0.4) is 0 Å². The summed E-state index contributed by atoms with van der Waals surface area (Å²) in [7, 11) is 0. The molecule has 2 aliphatic carbocycles. The number of aryl methyl sites for hydroxylation is 1. The van der Waals surface area contributed by atoms with Gasteiger partial charge >= 0.3 is 0 Å². The van der Waals surface area contributed by atoms with Crippen LogP contribution in [0.4, 0.5) is 5.69 Å². The smallest absolute Gasteiger partial charge is 0.274 e. The summed E-state index contributed by atoms with van der Waals surface area (Å²) in [6, 6.07) is 11.3. The molecule has 9 heteroatoms. The van der Waals surface area contributed by atoms with Crippen molar-refractivity contribution in [2.75, 3.05) is 11.9 Å². The van der Waals surface area contributed by atoms with Crippen molar-refractivity contribution in [1.29, 1.82) is 0 Å². The Kier molecular flexibility index (Phi) is 5.09. The highest BCUT2D eigenvalue weighted by molar-refractivity contribution is 6.04. The number of nitrogens with one attached hydrogen (secondary N) is 1. The number of pyridine rings is 1. The highest BCUT2D eigenvalue weighted by Crippen LogP contribution is 2.35. The molecule has 0 atom stereocenters. The summed E-state index contributed by atoms with van der Waals surface area (Å²) >= 11 is 0. The van der Waals surface area contributed by atoms with Crippen molar-refractivity contribution >= 4 is 23.0 Å². The number of hydrogen-bond acceptors (Lipinski definition) is 7. The van der Waals surface area contributed by atoms with Gasteiger partial charge in [0.15, 0.2) is 0 Å². The van der Waals surface area contributed by atoms with Gasteiger partial charge in [0, 0.05) is 36.2 Å². The molecule has 0 spiro atoms. The fourth-order valence-corrected chi connectivity index (χ4v) is 3.98. The first-order valence-electron chi connectivity index (χ1n) is 11.5. The minimum atomic E-state index is -0.238. The molecule has 6 rings (SSSR count). The number of fused-ring (bicyclic) bond motifs is 1. The van der Waals surface area contributed by atoms with E-state index in [-0.39, 0.29) is 11.8 Å². The number of carbonyl (C=O) groups excluding carboxylic acids is 1. The second-order valence-electron chi connectivity index (χ2n) is 9.01. The summed E-state index contributed by atoms with van der Waals surface area (Å²) in [6.07, 6.45) is 7.45. The molecule has 0 radical (unpaired) electrons. The Balaban J connectivity index is 1.14. The average molecular weight is 457 g/mol. The minimum Gasteiger partial charge on any atom is -0.396 e. The van der Waals surface area contributed by atoms with E-state index in [1.807, 2.05) is 49.5 Å². The number of hydrogen-bond donors (Lipinski definition) is 1. The Morgan fingerprint density at radius 2 is 2.15 bits per heavy atom. The number of oxime groups is 1. The van der Waals surface area contributed by atoms with Crippen LogP contribution in [0.15, 0.2) is 58.5 Å². The predicted octanol–water partition coefficient (Wildman–Crippen LogP) is 4.61. The van der Waals surface area contributed by atoms with Crippen LogP contribution in [0.5, 0.6) is 0 Å². The molecule has 3 heterocycles. The van der Waals surface area contributed by atoms with Crippen LogP contribution in [-0.2, 0) is 4.84 Å². The van der Waals surface area contributed by atoms with Crippen molar-refractivity contribution in [2.45, 2.75) is 38.5 Å². The molecule has 4 aromatic rings. The van der Waals surface area contributed by atoms with Crippen molar-refractivity contribution in [3.05, 3.63) is 65.9 Å². The van der Waals surface area contributed by atoms with Gasteiger partial charge in [-0.05, 0) is 49.4 Å². The van der Waals surface area contributed by atoms with E-state index in [4.69, 9.17) is 9.36 Å². The van der Waals surface area contributed by atoms with Gasteiger partial charge in [0.05, 0.1) is 11.9 Å². The molecule has 3 aromatic heterocycles. The lowest BCUT2D eigenvalue weighted by molar-refractivity contribution is 0.102. The van der Waals surface area contributed by atoms with Crippen LogP contribution < -0.4 is 5.32 Å². The largest absolute Gasteiger partial charge is 0.396 e. The predicted molar refractivity (Wildman–Crippen MR) is 126 cm³/mol. The molecular weight excluding hydrogens is 432 g/mol. The lowest BCUT2D eigenvalue weighted by Crippen LogP contribution is -2.22. The molecule has 1 aromatic carbocycles. The zero-order valence-corrected chi connectivity index (χ0v) is 18.8. The van der Waals surface area contributed by atoms with E-state index >= 15 is 0 Å². The van der Waals surface area contributed by atoms with E-state index in [2.05, 4.69) is 25.6 Å². The van der Waals surface area contributed by atoms with E-state index in [1.165, 1.54) is 12.8 Å². The molecule has 9 nitrogen and oxygen atoms in total. The summed E-state index contributed by atoms with van der Waals surface area (Å²) in [6.45, 7) is 2.67. The maximum absolute atomic E-state index is 12.9. The first kappa shape index (κ1) is 20.6. The summed E-state index contributed by atoms with van der Waals surface area (Å²) < 4.78 is 7.28. The highest BCUT2D eigenvalue weighted by Gasteiger charge is 2.32. The van der Waals surface area contributed by atoms with Gasteiger partial charge in [0.1, 0.15) is 17.9 Å². The molecule has 2 saturated carbocycles. The summed E-state index contributed by atoms with van der Waals surface area (Å²) in [5.41, 5.74) is 4.61. The normalized spacial score (nSPS) is 17.4. The number of benzene rings is 1. The molecule has 2 fully saturated rings. The third kappa shape index (κ3) is 4.05. The van der Waals surface area contributed by atoms with E-state index in [0.717, 1.165) is 41.9 Å². The first-order valence-corrected chi connectivity index (χ1v) is 11.5. The zero-order valence-electron chi connectivity index (χ0n) is 18.8. The van der Waals surface area contributed by atoms with Gasteiger partial charge in [-0.1, -0.05) is 28.5 Å². The number of aromatic nitrogens is 4. The van der Waals surface area contributed by atoms with Crippen LogP contribution in [0.25, 0.3) is 17.0 Å². The Hall–Kier alpha value is -4.01. The SMILES string of the molecule is Cc1ccc(-c2noc(C3CC(=NOCC4CC4)C3)n2)cc1NC(=O)c1cnc2ccccn12. The van der Waals surface area contributed by atoms with Gasteiger partial charge in [-0.15, -0.1) is 0 Å². The van der Waals surface area contributed by atoms with Gasteiger partial charge < -0.3 is 14.7 Å². The molecule has 1 amide bonds. The van der Waals surface area contributed by atoms with Crippen molar-refractivity contribution in [2.24, 2.45) is 11.1 Å². The number of anilines is 1. The Morgan fingerprint density at radius 1 is 1.26 bits per heavy atom. The molecular formula is C25H24N6O3. The van der Waals surface area contributed by atoms with Crippen LogP contribution in [-0.4, -0.2) is 37.8 Å². The van der Waals surface area contributed by atoms with E-state index in [0.29, 0.717) is 29.0 Å². The molecule has 0 bridgehead atoms. The van der Waals surface area contributed by atoms with Crippen LogP contribution in [0.1, 0.15) is 53.5 Å². The van der Waals surface area contributed by atoms with Crippen LogP contribution in [0, 0.1) is 12.8 Å². The lowest BCUT2D eigenvalue weighted by atomic mass is 9.83. The minimum absolute atomic E-state index is 0.171. The molecule has 0 unspecified atom stereocenters. The summed E-state index contributed by atoms with van der Waals surface area (Å²) in [4.78, 5) is 27.2. The van der Waals surface area contributed by atoms with Gasteiger partial charge in [-0.2, -0.15) is 4.98 Å². The highest BCUT2D eigenvalue weighted by atomic mass is 16.6. The van der Waals surface area contributed by atoms with E-state index < -0.39 is 0 Å². The second kappa shape index (κ2) is 8.40. The molecule has 34 heavy (non-hydrogen) atoms. The molecule has 172 valence electrons. The molecule has 0 saturated heterocycles. The van der Waals surface area contributed by atoms with Crippen molar-refractivity contribution < 1.29 is 14.2 Å². The number of rotatable bonds is 7. The quantitative estimate of drug-likeness (QED) is 0.407. The fraction of sp³-hybridized carbons (Fsp3) is 0.320. The zero-order chi connectivity index (χ0) is 23.1. The van der Waals surface area contributed by atoms with Gasteiger partial charge in [-0.25, -0.2) is 4.98 Å². The first-order chi connectivity index (χ1) is 16.6. The molecule has 0 aliphatic heterocycles. The Morgan fingerprint density at radius 3 is 3.00 bits per heavy atom.